The molecule has 0 aliphatic carbocycles. The van der Waals surface area contributed by atoms with Gasteiger partial charge in [-0.25, -0.2) is 4.99 Å². The van der Waals surface area contributed by atoms with Crippen LogP contribution in [0.1, 0.15) is 32.4 Å². The topological polar surface area (TPSA) is 52.8 Å². The molecule has 0 amide bonds. The highest BCUT2D eigenvalue weighted by atomic mass is 127. The molecule has 2 N–H and O–H groups in total. The molecule has 0 spiro atoms. The van der Waals surface area contributed by atoms with Gasteiger partial charge in [-0.2, -0.15) is 0 Å². The minimum atomic E-state index is 0. The summed E-state index contributed by atoms with van der Waals surface area (Å²) >= 11 is 0. The quantitative estimate of drug-likeness (QED) is 0.279. The molecule has 1 aromatic heterocycles. The van der Waals surface area contributed by atoms with Crippen LogP contribution in [0.15, 0.2) is 40.0 Å². The van der Waals surface area contributed by atoms with Gasteiger partial charge in [0.15, 0.2) is 5.96 Å². The Balaban J connectivity index is 0.00000288. The molecule has 1 atom stereocenters. The molecule has 1 aliphatic rings. The number of furan rings is 1. The molecular formula is C18H31IN4O. The Labute approximate surface area is 163 Å². The highest BCUT2D eigenvalue weighted by molar-refractivity contribution is 14.0. The first kappa shape index (κ1) is 21.0. The number of rotatable bonds is 8. The fraction of sp³-hybridized carbons (Fsp3) is 0.611. The van der Waals surface area contributed by atoms with Crippen molar-refractivity contribution in [2.24, 2.45) is 4.99 Å². The molecule has 6 heteroatoms. The monoisotopic (exact) mass is 446 g/mol. The summed E-state index contributed by atoms with van der Waals surface area (Å²) < 4.78 is 5.36. The minimum absolute atomic E-state index is 0. The van der Waals surface area contributed by atoms with Gasteiger partial charge in [0.2, 0.25) is 0 Å². The van der Waals surface area contributed by atoms with Crippen LogP contribution in [0, 0.1) is 0 Å². The van der Waals surface area contributed by atoms with Gasteiger partial charge in [0.25, 0.3) is 0 Å². The summed E-state index contributed by atoms with van der Waals surface area (Å²) in [6.45, 7) is 12.9. The molecule has 1 saturated heterocycles. The lowest BCUT2D eigenvalue weighted by molar-refractivity contribution is 0.267. The summed E-state index contributed by atoms with van der Waals surface area (Å²) in [5.74, 6) is 1.85. The van der Waals surface area contributed by atoms with E-state index in [1.807, 2.05) is 19.1 Å². The van der Waals surface area contributed by atoms with Crippen molar-refractivity contribution in [1.82, 2.24) is 15.5 Å². The maximum absolute atomic E-state index is 5.36. The van der Waals surface area contributed by atoms with Gasteiger partial charge in [-0.3, -0.25) is 4.90 Å². The van der Waals surface area contributed by atoms with Gasteiger partial charge < -0.3 is 15.1 Å². The lowest BCUT2D eigenvalue weighted by atomic mass is 10.2. The van der Waals surface area contributed by atoms with E-state index >= 15 is 0 Å². The predicted octanol–water partition coefficient (Wildman–Crippen LogP) is 3.04. The molecule has 5 nitrogen and oxygen atoms in total. The zero-order valence-corrected chi connectivity index (χ0v) is 17.2. The molecule has 24 heavy (non-hydrogen) atoms. The first-order chi connectivity index (χ1) is 11.2. The number of nitrogens with one attached hydrogen (secondary N) is 2. The highest BCUT2D eigenvalue weighted by Gasteiger charge is 2.22. The van der Waals surface area contributed by atoms with E-state index in [0.29, 0.717) is 12.6 Å². The standard InChI is InChI=1S/C18H30N4O.HI/c1-4-22-11-5-7-16(22)14-21-18(20-13-15(2)3)19-10-9-17-8-6-12-23-17;/h6,8,12,16H,2,4-5,7,9-11,13-14H2,1,3H3,(H2,19,20,21);1H. The Morgan fingerprint density at radius 1 is 1.46 bits per heavy atom. The summed E-state index contributed by atoms with van der Waals surface area (Å²) in [7, 11) is 0. The van der Waals surface area contributed by atoms with Crippen LogP contribution < -0.4 is 10.6 Å². The van der Waals surface area contributed by atoms with Gasteiger partial charge in [-0.15, -0.1) is 24.0 Å². The Hall–Kier alpha value is -1.02. The second-order valence-corrected chi connectivity index (χ2v) is 6.18. The number of hydrogen-bond donors (Lipinski definition) is 2. The maximum Gasteiger partial charge on any atom is 0.191 e. The van der Waals surface area contributed by atoms with Crippen molar-refractivity contribution < 1.29 is 4.42 Å². The van der Waals surface area contributed by atoms with Crippen LogP contribution in [-0.4, -0.2) is 49.6 Å². The zero-order chi connectivity index (χ0) is 16.5. The van der Waals surface area contributed by atoms with Crippen molar-refractivity contribution in [2.75, 3.05) is 32.7 Å². The summed E-state index contributed by atoms with van der Waals surface area (Å²) in [6, 6.07) is 4.53. The van der Waals surface area contributed by atoms with Crippen LogP contribution in [0.4, 0.5) is 0 Å². The molecule has 1 fully saturated rings. The largest absolute Gasteiger partial charge is 0.469 e. The van der Waals surface area contributed by atoms with Crippen LogP contribution in [0.3, 0.4) is 0 Å². The van der Waals surface area contributed by atoms with Crippen LogP contribution in [-0.2, 0) is 6.42 Å². The summed E-state index contributed by atoms with van der Waals surface area (Å²) in [6.07, 6.45) is 5.12. The SMILES string of the molecule is C=C(C)CN=C(NCCc1ccco1)NCC1CCCN1CC.I. The number of guanidine groups is 1. The van der Waals surface area contributed by atoms with Gasteiger partial charge in [-0.05, 0) is 45.0 Å². The molecule has 2 heterocycles. The Morgan fingerprint density at radius 3 is 2.96 bits per heavy atom. The number of likely N-dealkylation sites (tertiary alicyclic amines) is 1. The lowest BCUT2D eigenvalue weighted by Gasteiger charge is -2.24. The average molecular weight is 446 g/mol. The van der Waals surface area contributed by atoms with Crippen molar-refractivity contribution in [3.63, 3.8) is 0 Å². The smallest absolute Gasteiger partial charge is 0.191 e. The van der Waals surface area contributed by atoms with E-state index in [1.165, 1.54) is 19.4 Å². The van der Waals surface area contributed by atoms with Crippen molar-refractivity contribution in [3.8, 4) is 0 Å². The second-order valence-electron chi connectivity index (χ2n) is 6.18. The lowest BCUT2D eigenvalue weighted by Crippen LogP contribution is -2.45. The molecule has 2 rings (SSSR count). The molecule has 1 aromatic rings. The molecular weight excluding hydrogens is 415 g/mol. The fourth-order valence-electron chi connectivity index (χ4n) is 2.90. The Morgan fingerprint density at radius 2 is 2.29 bits per heavy atom. The van der Waals surface area contributed by atoms with Gasteiger partial charge >= 0.3 is 0 Å². The third-order valence-corrected chi connectivity index (χ3v) is 4.16. The number of aliphatic imine (C=N–C) groups is 1. The minimum Gasteiger partial charge on any atom is -0.469 e. The van der Waals surface area contributed by atoms with Crippen LogP contribution in [0.2, 0.25) is 0 Å². The summed E-state index contributed by atoms with van der Waals surface area (Å²) in [5.41, 5.74) is 1.06. The molecule has 1 aliphatic heterocycles. The second kappa shape index (κ2) is 11.5. The number of hydrogen-bond acceptors (Lipinski definition) is 3. The van der Waals surface area contributed by atoms with E-state index < -0.39 is 0 Å². The van der Waals surface area contributed by atoms with E-state index in [9.17, 15) is 0 Å². The van der Waals surface area contributed by atoms with E-state index in [0.717, 1.165) is 43.3 Å². The highest BCUT2D eigenvalue weighted by Crippen LogP contribution is 2.15. The Bertz CT molecular complexity index is 501. The first-order valence-corrected chi connectivity index (χ1v) is 8.62. The van der Waals surface area contributed by atoms with E-state index in [1.54, 1.807) is 6.26 Å². The number of halogens is 1. The van der Waals surface area contributed by atoms with E-state index in [4.69, 9.17) is 4.42 Å². The van der Waals surface area contributed by atoms with E-state index in [-0.39, 0.29) is 24.0 Å². The van der Waals surface area contributed by atoms with Crippen molar-refractivity contribution in [3.05, 3.63) is 36.3 Å². The molecule has 136 valence electrons. The summed E-state index contributed by atoms with van der Waals surface area (Å²) in [5, 5.41) is 6.88. The van der Waals surface area contributed by atoms with Crippen molar-refractivity contribution in [2.45, 2.75) is 39.2 Å². The number of likely N-dealkylation sites (N-methyl/N-ethyl adjacent to an activating group) is 1. The number of nitrogens with zero attached hydrogens (tertiary/aromatic N) is 2. The van der Waals surface area contributed by atoms with Gasteiger partial charge in [0.1, 0.15) is 5.76 Å². The van der Waals surface area contributed by atoms with Crippen molar-refractivity contribution in [1.29, 1.82) is 0 Å². The van der Waals surface area contributed by atoms with Gasteiger partial charge in [0, 0.05) is 25.6 Å². The first-order valence-electron chi connectivity index (χ1n) is 8.62. The van der Waals surface area contributed by atoms with Crippen LogP contribution >= 0.6 is 24.0 Å². The summed E-state index contributed by atoms with van der Waals surface area (Å²) in [4.78, 5) is 7.13. The Kier molecular flexibility index (Phi) is 10.1. The van der Waals surface area contributed by atoms with Gasteiger partial charge in [0.05, 0.1) is 12.8 Å². The average Bonchev–Trinajstić information content (AvgIpc) is 3.20. The van der Waals surface area contributed by atoms with E-state index in [2.05, 4.69) is 34.0 Å². The normalized spacial score (nSPS) is 18.2. The molecule has 0 aromatic carbocycles. The van der Waals surface area contributed by atoms with Crippen LogP contribution in [0.5, 0.6) is 0 Å². The molecule has 0 saturated carbocycles. The maximum atomic E-state index is 5.36. The zero-order valence-electron chi connectivity index (χ0n) is 14.9. The fourth-order valence-corrected chi connectivity index (χ4v) is 2.90. The molecule has 0 radical (unpaired) electrons. The third-order valence-electron chi connectivity index (χ3n) is 4.16. The molecule has 1 unspecified atom stereocenters. The predicted molar refractivity (Wildman–Crippen MR) is 111 cm³/mol. The van der Waals surface area contributed by atoms with Crippen molar-refractivity contribution >= 4 is 29.9 Å². The third kappa shape index (κ3) is 7.25. The van der Waals surface area contributed by atoms with Gasteiger partial charge in [-0.1, -0.05) is 19.1 Å². The van der Waals surface area contributed by atoms with Crippen LogP contribution in [0.25, 0.3) is 0 Å². The molecule has 0 bridgehead atoms.